The predicted molar refractivity (Wildman–Crippen MR) is 50.7 cm³/mol. The van der Waals surface area contributed by atoms with Gasteiger partial charge in [0.15, 0.2) is 0 Å². The zero-order valence-corrected chi connectivity index (χ0v) is 8.58. The van der Waals surface area contributed by atoms with Gasteiger partial charge in [-0.15, -0.1) is 0 Å². The van der Waals surface area contributed by atoms with Gasteiger partial charge in [-0.3, -0.25) is 9.59 Å². The first-order valence-electron chi connectivity index (χ1n) is 4.76. The number of methoxy groups -OCH3 is 1. The Morgan fingerprint density at radius 2 is 2.29 bits per heavy atom. The van der Waals surface area contributed by atoms with Crippen LogP contribution in [-0.4, -0.2) is 49.6 Å². The lowest BCUT2D eigenvalue weighted by molar-refractivity contribution is -0.146. The van der Waals surface area contributed by atoms with Crippen LogP contribution in [0.25, 0.3) is 0 Å². The number of carbonyl (C=O) groups is 2. The lowest BCUT2D eigenvalue weighted by atomic mass is 10.1. The lowest BCUT2D eigenvalue weighted by Gasteiger charge is -2.34. The van der Waals surface area contributed by atoms with E-state index in [-0.39, 0.29) is 24.4 Å². The number of piperazine rings is 1. The zero-order chi connectivity index (χ0) is 10.6. The Hall–Kier alpha value is -1.10. The molecule has 14 heavy (non-hydrogen) atoms. The van der Waals surface area contributed by atoms with Crippen molar-refractivity contribution >= 4 is 11.8 Å². The fourth-order valence-corrected chi connectivity index (χ4v) is 1.57. The number of nitrogens with zero attached hydrogens (tertiary/aromatic N) is 1. The topological polar surface area (TPSA) is 58.6 Å². The molecule has 0 radical (unpaired) electrons. The first kappa shape index (κ1) is 11.0. The van der Waals surface area contributed by atoms with Crippen LogP contribution >= 0.6 is 0 Å². The largest absolute Gasteiger partial charge is 0.383 e. The summed E-state index contributed by atoms with van der Waals surface area (Å²) in [4.78, 5) is 24.5. The van der Waals surface area contributed by atoms with Crippen LogP contribution in [0, 0.1) is 0 Å². The highest BCUT2D eigenvalue weighted by molar-refractivity contribution is 5.94. The van der Waals surface area contributed by atoms with E-state index in [0.717, 1.165) is 0 Å². The average Bonchev–Trinajstić information content (AvgIpc) is 2.19. The van der Waals surface area contributed by atoms with E-state index in [1.165, 1.54) is 0 Å². The van der Waals surface area contributed by atoms with Gasteiger partial charge < -0.3 is 15.0 Å². The maximum Gasteiger partial charge on any atom is 0.243 e. The number of nitrogens with one attached hydrogen (secondary N) is 1. The molecule has 1 aliphatic rings. The summed E-state index contributed by atoms with van der Waals surface area (Å²) >= 11 is 0. The Morgan fingerprint density at radius 1 is 1.57 bits per heavy atom. The van der Waals surface area contributed by atoms with Crippen molar-refractivity contribution in [1.29, 1.82) is 0 Å². The molecule has 1 unspecified atom stereocenters. The van der Waals surface area contributed by atoms with Crippen LogP contribution in [0.1, 0.15) is 13.3 Å². The molecule has 1 fully saturated rings. The van der Waals surface area contributed by atoms with Crippen LogP contribution < -0.4 is 5.32 Å². The maximum absolute atomic E-state index is 11.5. The fraction of sp³-hybridized carbons (Fsp3) is 0.778. The van der Waals surface area contributed by atoms with Crippen molar-refractivity contribution in [1.82, 2.24) is 10.2 Å². The summed E-state index contributed by atoms with van der Waals surface area (Å²) in [5.74, 6) is -0.100. The van der Waals surface area contributed by atoms with Gasteiger partial charge in [0, 0.05) is 13.7 Å². The summed E-state index contributed by atoms with van der Waals surface area (Å²) in [5, 5.41) is 2.57. The highest BCUT2D eigenvalue weighted by atomic mass is 16.5. The Bertz CT molecular complexity index is 230. The third-order valence-electron chi connectivity index (χ3n) is 2.34. The van der Waals surface area contributed by atoms with Gasteiger partial charge in [0.25, 0.3) is 0 Å². The molecule has 1 heterocycles. The molecule has 1 rings (SSSR count). The monoisotopic (exact) mass is 200 g/mol. The Morgan fingerprint density at radius 3 is 2.86 bits per heavy atom. The summed E-state index contributed by atoms with van der Waals surface area (Å²) in [7, 11) is 1.58. The molecular weight excluding hydrogens is 184 g/mol. The quantitative estimate of drug-likeness (QED) is 0.657. The summed E-state index contributed by atoms with van der Waals surface area (Å²) < 4.78 is 4.90. The second kappa shape index (κ2) is 4.95. The normalized spacial score (nSPS) is 22.4. The van der Waals surface area contributed by atoms with Gasteiger partial charge in [-0.25, -0.2) is 0 Å². The van der Waals surface area contributed by atoms with Crippen LogP contribution in [0.5, 0.6) is 0 Å². The molecule has 80 valence electrons. The molecule has 1 aliphatic heterocycles. The summed E-state index contributed by atoms with van der Waals surface area (Å²) in [5.41, 5.74) is 0. The maximum atomic E-state index is 11.5. The van der Waals surface area contributed by atoms with Crippen molar-refractivity contribution in [3.63, 3.8) is 0 Å². The molecule has 1 saturated heterocycles. The summed E-state index contributed by atoms with van der Waals surface area (Å²) in [6.07, 6.45) is 0.640. The number of hydrogen-bond acceptors (Lipinski definition) is 3. The SMILES string of the molecule is CCC1C(=O)NCC(=O)N1CCOC. The Kier molecular flexibility index (Phi) is 3.88. The van der Waals surface area contributed by atoms with Crippen LogP contribution in [-0.2, 0) is 14.3 Å². The molecule has 0 saturated carbocycles. The molecule has 0 aromatic heterocycles. The first-order valence-corrected chi connectivity index (χ1v) is 4.76. The smallest absolute Gasteiger partial charge is 0.243 e. The van der Waals surface area contributed by atoms with Crippen molar-refractivity contribution in [2.24, 2.45) is 0 Å². The second-order valence-electron chi connectivity index (χ2n) is 3.22. The summed E-state index contributed by atoms with van der Waals surface area (Å²) in [6.45, 7) is 2.96. The average molecular weight is 200 g/mol. The van der Waals surface area contributed by atoms with Gasteiger partial charge in [-0.1, -0.05) is 6.92 Å². The zero-order valence-electron chi connectivity index (χ0n) is 8.58. The number of rotatable bonds is 4. The summed E-state index contributed by atoms with van der Waals surface area (Å²) in [6, 6.07) is -0.327. The van der Waals surface area contributed by atoms with E-state index in [0.29, 0.717) is 19.6 Å². The van der Waals surface area contributed by atoms with Crippen LogP contribution in [0.15, 0.2) is 0 Å². The van der Waals surface area contributed by atoms with Crippen molar-refractivity contribution in [3.05, 3.63) is 0 Å². The number of carbonyl (C=O) groups excluding carboxylic acids is 2. The molecule has 1 N–H and O–H groups in total. The minimum absolute atomic E-state index is 0.0338. The van der Waals surface area contributed by atoms with E-state index in [2.05, 4.69) is 5.32 Å². The highest BCUT2D eigenvalue weighted by Crippen LogP contribution is 2.08. The van der Waals surface area contributed by atoms with Gasteiger partial charge in [0.1, 0.15) is 6.04 Å². The molecule has 5 heteroatoms. The van der Waals surface area contributed by atoms with Crippen molar-refractivity contribution in [2.45, 2.75) is 19.4 Å². The minimum Gasteiger partial charge on any atom is -0.383 e. The van der Waals surface area contributed by atoms with E-state index in [9.17, 15) is 9.59 Å². The van der Waals surface area contributed by atoms with Gasteiger partial charge >= 0.3 is 0 Å². The molecule has 5 nitrogen and oxygen atoms in total. The van der Waals surface area contributed by atoms with Crippen molar-refractivity contribution < 1.29 is 14.3 Å². The molecule has 0 aromatic rings. The van der Waals surface area contributed by atoms with E-state index in [1.807, 2.05) is 6.92 Å². The molecule has 0 aromatic carbocycles. The van der Waals surface area contributed by atoms with E-state index in [1.54, 1.807) is 12.0 Å². The molecule has 0 bridgehead atoms. The molecule has 1 atom stereocenters. The van der Waals surface area contributed by atoms with Gasteiger partial charge in [-0.05, 0) is 6.42 Å². The van der Waals surface area contributed by atoms with E-state index >= 15 is 0 Å². The van der Waals surface area contributed by atoms with Crippen LogP contribution in [0.4, 0.5) is 0 Å². The van der Waals surface area contributed by atoms with Crippen LogP contribution in [0.2, 0.25) is 0 Å². The second-order valence-corrected chi connectivity index (χ2v) is 3.22. The third-order valence-corrected chi connectivity index (χ3v) is 2.34. The van der Waals surface area contributed by atoms with Crippen molar-refractivity contribution in [3.8, 4) is 0 Å². The molecular formula is C9H16N2O3. The van der Waals surface area contributed by atoms with Crippen LogP contribution in [0.3, 0.4) is 0 Å². The Labute approximate surface area is 83.4 Å². The number of amides is 2. The van der Waals surface area contributed by atoms with Gasteiger partial charge in [0.2, 0.25) is 11.8 Å². The molecule has 0 aliphatic carbocycles. The minimum atomic E-state index is -0.327. The number of ether oxygens (including phenoxy) is 1. The number of hydrogen-bond donors (Lipinski definition) is 1. The fourth-order valence-electron chi connectivity index (χ4n) is 1.57. The third kappa shape index (κ3) is 2.23. The van der Waals surface area contributed by atoms with Gasteiger partial charge in [-0.2, -0.15) is 0 Å². The van der Waals surface area contributed by atoms with E-state index < -0.39 is 0 Å². The first-order chi connectivity index (χ1) is 6.70. The van der Waals surface area contributed by atoms with E-state index in [4.69, 9.17) is 4.74 Å². The predicted octanol–water partition coefficient (Wildman–Crippen LogP) is -0.630. The standard InChI is InChI=1S/C9H16N2O3/c1-3-7-9(13)10-6-8(12)11(7)4-5-14-2/h7H,3-6H2,1-2H3,(H,10,13). The lowest BCUT2D eigenvalue weighted by Crippen LogP contribution is -2.58. The van der Waals surface area contributed by atoms with Gasteiger partial charge in [0.05, 0.1) is 13.2 Å². The van der Waals surface area contributed by atoms with Crippen molar-refractivity contribution in [2.75, 3.05) is 26.8 Å². The Balaban J connectivity index is 2.63. The highest BCUT2D eigenvalue weighted by Gasteiger charge is 2.32. The molecule has 2 amide bonds. The molecule has 0 spiro atoms.